The van der Waals surface area contributed by atoms with Crippen molar-refractivity contribution in [3.05, 3.63) is 29.8 Å². The van der Waals surface area contributed by atoms with Crippen LogP contribution in [0, 0.1) is 0 Å². The van der Waals surface area contributed by atoms with Crippen molar-refractivity contribution in [1.82, 2.24) is 5.32 Å². The Morgan fingerprint density at radius 2 is 2.33 bits per heavy atom. The molecule has 0 saturated carbocycles. The van der Waals surface area contributed by atoms with Crippen molar-refractivity contribution < 1.29 is 9.59 Å². The molecule has 1 atom stereocenters. The van der Waals surface area contributed by atoms with Crippen LogP contribution in [0.25, 0.3) is 0 Å². The van der Waals surface area contributed by atoms with Crippen LogP contribution in [0.5, 0.6) is 0 Å². The number of hydrogen-bond acceptors (Lipinski definition) is 3. The minimum absolute atomic E-state index is 0.0986. The molecule has 4 nitrogen and oxygen atoms in total. The predicted octanol–water partition coefficient (Wildman–Crippen LogP) is 1.32. The molecular weight excluding hydrogens is 228 g/mol. The molecule has 0 radical (unpaired) electrons. The molecule has 1 N–H and O–H groups in total. The zero-order valence-electron chi connectivity index (χ0n) is 10.6. The van der Waals surface area contributed by atoms with Crippen LogP contribution in [-0.2, 0) is 9.59 Å². The number of carbonyl (C=O) groups is 2. The summed E-state index contributed by atoms with van der Waals surface area (Å²) >= 11 is 0. The van der Waals surface area contributed by atoms with E-state index in [0.29, 0.717) is 19.5 Å². The summed E-state index contributed by atoms with van der Waals surface area (Å²) in [4.78, 5) is 24.2. The standard InChI is InChI=1S/C14H18N2O2/c1-11(5-8-17)12-3-2-4-13(9-12)16-7-6-15-10-14(16)18/h2-4,8-9,11,15H,5-7,10H2,1H3. The molecule has 1 amide bonds. The molecule has 1 aromatic carbocycles. The minimum Gasteiger partial charge on any atom is -0.310 e. The quantitative estimate of drug-likeness (QED) is 0.815. The zero-order chi connectivity index (χ0) is 13.0. The summed E-state index contributed by atoms with van der Waals surface area (Å²) in [7, 11) is 0. The van der Waals surface area contributed by atoms with Gasteiger partial charge in [0.1, 0.15) is 6.29 Å². The van der Waals surface area contributed by atoms with E-state index >= 15 is 0 Å². The molecule has 0 bridgehead atoms. The van der Waals surface area contributed by atoms with Gasteiger partial charge in [-0.3, -0.25) is 4.79 Å². The monoisotopic (exact) mass is 246 g/mol. The van der Waals surface area contributed by atoms with Gasteiger partial charge in [0.25, 0.3) is 0 Å². The number of nitrogens with zero attached hydrogens (tertiary/aromatic N) is 1. The third-order valence-electron chi connectivity index (χ3n) is 3.29. The topological polar surface area (TPSA) is 49.4 Å². The van der Waals surface area contributed by atoms with Gasteiger partial charge < -0.3 is 15.0 Å². The second-order valence-corrected chi connectivity index (χ2v) is 4.62. The summed E-state index contributed by atoms with van der Waals surface area (Å²) in [5.41, 5.74) is 2.03. The van der Waals surface area contributed by atoms with Gasteiger partial charge in [0.15, 0.2) is 0 Å². The van der Waals surface area contributed by atoms with E-state index in [-0.39, 0.29) is 11.8 Å². The smallest absolute Gasteiger partial charge is 0.240 e. The van der Waals surface area contributed by atoms with Gasteiger partial charge in [-0.15, -0.1) is 0 Å². The lowest BCUT2D eigenvalue weighted by molar-refractivity contribution is -0.118. The van der Waals surface area contributed by atoms with Crippen molar-refractivity contribution in [2.24, 2.45) is 0 Å². The number of hydrogen-bond donors (Lipinski definition) is 1. The van der Waals surface area contributed by atoms with E-state index in [4.69, 9.17) is 0 Å². The normalized spacial score (nSPS) is 17.6. The second-order valence-electron chi connectivity index (χ2n) is 4.62. The van der Waals surface area contributed by atoms with Crippen LogP contribution in [0.4, 0.5) is 5.69 Å². The summed E-state index contributed by atoms with van der Waals surface area (Å²) in [6.45, 7) is 3.94. The Labute approximate surface area is 107 Å². The molecule has 96 valence electrons. The highest BCUT2D eigenvalue weighted by Gasteiger charge is 2.19. The van der Waals surface area contributed by atoms with Crippen LogP contribution in [0.15, 0.2) is 24.3 Å². The van der Waals surface area contributed by atoms with Gasteiger partial charge >= 0.3 is 0 Å². The molecule has 1 fully saturated rings. The first-order chi connectivity index (χ1) is 8.72. The highest BCUT2D eigenvalue weighted by molar-refractivity contribution is 5.95. The van der Waals surface area contributed by atoms with Crippen LogP contribution in [0.1, 0.15) is 24.8 Å². The number of amides is 1. The van der Waals surface area contributed by atoms with Crippen molar-refractivity contribution in [2.45, 2.75) is 19.3 Å². The number of rotatable bonds is 4. The van der Waals surface area contributed by atoms with E-state index in [0.717, 1.165) is 24.1 Å². The maximum absolute atomic E-state index is 11.8. The van der Waals surface area contributed by atoms with Crippen molar-refractivity contribution in [3.63, 3.8) is 0 Å². The lowest BCUT2D eigenvalue weighted by atomic mass is 9.98. The number of piperazine rings is 1. The largest absolute Gasteiger partial charge is 0.310 e. The number of carbonyl (C=O) groups excluding carboxylic acids is 2. The lowest BCUT2D eigenvalue weighted by Gasteiger charge is -2.28. The van der Waals surface area contributed by atoms with Crippen molar-refractivity contribution in [2.75, 3.05) is 24.5 Å². The van der Waals surface area contributed by atoms with Gasteiger partial charge in [0, 0.05) is 25.2 Å². The number of nitrogens with one attached hydrogen (secondary N) is 1. The zero-order valence-corrected chi connectivity index (χ0v) is 10.6. The van der Waals surface area contributed by atoms with E-state index in [1.54, 1.807) is 4.90 Å². The summed E-state index contributed by atoms with van der Waals surface area (Å²) in [5, 5.41) is 3.05. The Morgan fingerprint density at radius 3 is 3.06 bits per heavy atom. The van der Waals surface area contributed by atoms with E-state index in [1.807, 2.05) is 31.2 Å². The SMILES string of the molecule is CC(CC=O)c1cccc(N2CCNCC2=O)c1. The number of anilines is 1. The highest BCUT2D eigenvalue weighted by atomic mass is 16.2. The molecule has 1 aliphatic heterocycles. The van der Waals surface area contributed by atoms with E-state index in [2.05, 4.69) is 5.32 Å². The molecule has 4 heteroatoms. The summed E-state index contributed by atoms with van der Waals surface area (Å²) in [5.74, 6) is 0.293. The van der Waals surface area contributed by atoms with Gasteiger partial charge in [-0.25, -0.2) is 0 Å². The fourth-order valence-electron chi connectivity index (χ4n) is 2.16. The molecule has 2 rings (SSSR count). The lowest BCUT2D eigenvalue weighted by Crippen LogP contribution is -2.48. The van der Waals surface area contributed by atoms with Crippen LogP contribution >= 0.6 is 0 Å². The Morgan fingerprint density at radius 1 is 1.50 bits per heavy atom. The molecule has 1 aliphatic rings. The van der Waals surface area contributed by atoms with Crippen LogP contribution < -0.4 is 10.2 Å². The summed E-state index contributed by atoms with van der Waals surface area (Å²) in [6.07, 6.45) is 1.45. The van der Waals surface area contributed by atoms with Crippen LogP contribution in [0.2, 0.25) is 0 Å². The fraction of sp³-hybridized carbons (Fsp3) is 0.429. The maximum Gasteiger partial charge on any atom is 0.240 e. The number of benzene rings is 1. The van der Waals surface area contributed by atoms with E-state index in [9.17, 15) is 9.59 Å². The Bertz CT molecular complexity index is 445. The van der Waals surface area contributed by atoms with E-state index < -0.39 is 0 Å². The van der Waals surface area contributed by atoms with Crippen LogP contribution in [0.3, 0.4) is 0 Å². The third-order valence-corrected chi connectivity index (χ3v) is 3.29. The summed E-state index contributed by atoms with van der Waals surface area (Å²) < 4.78 is 0. The van der Waals surface area contributed by atoms with Crippen molar-refractivity contribution >= 4 is 17.9 Å². The molecule has 1 saturated heterocycles. The Hall–Kier alpha value is -1.68. The highest BCUT2D eigenvalue weighted by Crippen LogP contribution is 2.24. The molecule has 0 spiro atoms. The maximum atomic E-state index is 11.8. The van der Waals surface area contributed by atoms with Crippen LogP contribution in [-0.4, -0.2) is 31.8 Å². The first kappa shape index (κ1) is 12.8. The third kappa shape index (κ3) is 2.76. The predicted molar refractivity (Wildman–Crippen MR) is 70.8 cm³/mol. The average Bonchev–Trinajstić information content (AvgIpc) is 2.40. The first-order valence-electron chi connectivity index (χ1n) is 6.27. The Kier molecular flexibility index (Phi) is 4.10. The van der Waals surface area contributed by atoms with Gasteiger partial charge in [0.05, 0.1) is 6.54 Å². The summed E-state index contributed by atoms with van der Waals surface area (Å²) in [6, 6.07) is 7.91. The minimum atomic E-state index is 0.0986. The van der Waals surface area contributed by atoms with E-state index in [1.165, 1.54) is 0 Å². The number of aldehydes is 1. The molecule has 1 unspecified atom stereocenters. The molecular formula is C14H18N2O2. The van der Waals surface area contributed by atoms with Crippen molar-refractivity contribution in [1.29, 1.82) is 0 Å². The Balaban J connectivity index is 2.20. The molecule has 0 aromatic heterocycles. The molecule has 1 aromatic rings. The fourth-order valence-corrected chi connectivity index (χ4v) is 2.16. The first-order valence-corrected chi connectivity index (χ1v) is 6.27. The van der Waals surface area contributed by atoms with Gasteiger partial charge in [-0.1, -0.05) is 19.1 Å². The average molecular weight is 246 g/mol. The second kappa shape index (κ2) is 5.78. The van der Waals surface area contributed by atoms with Gasteiger partial charge in [-0.05, 0) is 23.6 Å². The van der Waals surface area contributed by atoms with Gasteiger partial charge in [-0.2, -0.15) is 0 Å². The molecule has 1 heterocycles. The van der Waals surface area contributed by atoms with Crippen molar-refractivity contribution in [3.8, 4) is 0 Å². The molecule has 0 aliphatic carbocycles. The molecule has 18 heavy (non-hydrogen) atoms. The van der Waals surface area contributed by atoms with Gasteiger partial charge in [0.2, 0.25) is 5.91 Å².